The maximum absolute atomic E-state index is 8.44. The molecule has 1 nitrogen and oxygen atoms in total. The molecule has 1 heterocycles. The van der Waals surface area contributed by atoms with Crippen LogP contribution in [0.1, 0.15) is 6.30 Å². The van der Waals surface area contributed by atoms with Gasteiger partial charge in [0.05, 0.1) is 6.61 Å². The van der Waals surface area contributed by atoms with E-state index in [1.54, 1.807) is 11.3 Å². The minimum absolute atomic E-state index is 0. The van der Waals surface area contributed by atoms with Crippen LogP contribution in [-0.2, 0) is 6.61 Å². The van der Waals surface area contributed by atoms with Gasteiger partial charge in [-0.05, 0) is 11.4 Å². The quantitative estimate of drug-likeness (QED) is 0.461. The van der Waals surface area contributed by atoms with Gasteiger partial charge in [0.25, 0.3) is 0 Å². The van der Waals surface area contributed by atoms with Gasteiger partial charge in [0, 0.05) is 4.88 Å². The fourth-order valence-corrected chi connectivity index (χ4v) is 0.966. The zero-order valence-electron chi connectivity index (χ0n) is 5.79. The fourth-order valence-electron chi connectivity index (χ4n) is 0.403. The van der Waals surface area contributed by atoms with Crippen molar-refractivity contribution in [1.82, 2.24) is 0 Å². The Kier molecular flexibility index (Phi) is 4.90. The number of aliphatic hydroxyl groups is 1. The van der Waals surface area contributed by atoms with Crippen LogP contribution >= 0.6 is 11.3 Å². The summed E-state index contributed by atoms with van der Waals surface area (Å²) in [6.45, 7) is 0.178. The largest absolute Gasteiger partial charge is 1.00 e. The molecule has 1 rings (SSSR count). The van der Waals surface area contributed by atoms with Crippen molar-refractivity contribution < 1.29 is 36.1 Å². The summed E-state index contributed by atoms with van der Waals surface area (Å²) in [6.07, 6.45) is 0. The molecule has 1 N–H and O–H groups in total. The van der Waals surface area contributed by atoms with Crippen molar-refractivity contribution in [3.8, 4) is 0 Å². The second kappa shape index (κ2) is 4.53. The minimum atomic E-state index is 0. The molecule has 0 aromatic carbocycles. The van der Waals surface area contributed by atoms with Crippen LogP contribution in [0.2, 0.25) is 0 Å². The molecule has 8 heavy (non-hydrogen) atoms. The predicted molar refractivity (Wildman–Crippen MR) is 31.4 cm³/mol. The first-order valence-corrected chi connectivity index (χ1v) is 2.94. The van der Waals surface area contributed by atoms with Gasteiger partial charge in [-0.25, -0.2) is 0 Å². The molecule has 0 amide bonds. The van der Waals surface area contributed by atoms with Gasteiger partial charge in [-0.2, -0.15) is 0 Å². The third-order valence-corrected chi connectivity index (χ3v) is 1.60. The van der Waals surface area contributed by atoms with Gasteiger partial charge in [0.15, 0.2) is 0 Å². The van der Waals surface area contributed by atoms with Crippen LogP contribution in [0.5, 0.6) is 0 Å². The Hall–Kier alpha value is 0.660. The molecule has 0 spiro atoms. The van der Waals surface area contributed by atoms with E-state index < -0.39 is 0 Å². The summed E-state index contributed by atoms with van der Waals surface area (Å²) in [6, 6.07) is 3.83. The normalized spacial score (nSPS) is 8.12. The molecule has 1 aromatic heterocycles. The summed E-state index contributed by atoms with van der Waals surface area (Å²) in [5.74, 6) is 0. The molecule has 0 unspecified atom stereocenters. The van der Waals surface area contributed by atoms with Crippen LogP contribution in [0, 0.1) is 0 Å². The zero-order chi connectivity index (χ0) is 5.11. The number of thiophene rings is 1. The smallest absolute Gasteiger partial charge is 1.00 e. The molecule has 0 atom stereocenters. The summed E-state index contributed by atoms with van der Waals surface area (Å²) < 4.78 is 0. The second-order valence-electron chi connectivity index (χ2n) is 1.24. The van der Waals surface area contributed by atoms with Crippen molar-refractivity contribution in [3.05, 3.63) is 22.4 Å². The summed E-state index contributed by atoms with van der Waals surface area (Å²) >= 11 is 1.57. The van der Waals surface area contributed by atoms with E-state index in [0.29, 0.717) is 0 Å². The summed E-state index contributed by atoms with van der Waals surface area (Å²) in [4.78, 5) is 1.03. The average molecular weight is 138 g/mol. The SMILES string of the molecule is OCc1cccs1.[H-].[Na+]. The van der Waals surface area contributed by atoms with Crippen LogP contribution in [0.4, 0.5) is 0 Å². The first-order chi connectivity index (χ1) is 3.43. The monoisotopic (exact) mass is 138 g/mol. The molecule has 0 bridgehead atoms. The third kappa shape index (κ3) is 2.29. The molecular formula is C5H7NaOS. The van der Waals surface area contributed by atoms with Crippen molar-refractivity contribution >= 4 is 11.3 Å². The number of hydrogen-bond donors (Lipinski definition) is 1. The van der Waals surface area contributed by atoms with E-state index in [1.807, 2.05) is 17.5 Å². The van der Waals surface area contributed by atoms with E-state index in [2.05, 4.69) is 0 Å². The van der Waals surface area contributed by atoms with E-state index >= 15 is 0 Å². The summed E-state index contributed by atoms with van der Waals surface area (Å²) in [7, 11) is 0. The van der Waals surface area contributed by atoms with Crippen LogP contribution in [0.25, 0.3) is 0 Å². The molecule has 0 aliphatic carbocycles. The summed E-state index contributed by atoms with van der Waals surface area (Å²) in [5.41, 5.74) is 0. The van der Waals surface area contributed by atoms with Gasteiger partial charge in [-0.3, -0.25) is 0 Å². The van der Waals surface area contributed by atoms with Crippen molar-refractivity contribution in [2.45, 2.75) is 6.61 Å². The van der Waals surface area contributed by atoms with E-state index in [4.69, 9.17) is 5.11 Å². The van der Waals surface area contributed by atoms with Crippen molar-refractivity contribution in [1.29, 1.82) is 0 Å². The summed E-state index contributed by atoms with van der Waals surface area (Å²) in [5, 5.41) is 10.4. The van der Waals surface area contributed by atoms with Gasteiger partial charge in [-0.1, -0.05) is 6.07 Å². The molecule has 3 heteroatoms. The topological polar surface area (TPSA) is 20.2 Å². The van der Waals surface area contributed by atoms with Crippen LogP contribution in [0.15, 0.2) is 17.5 Å². The Labute approximate surface area is 76.1 Å². The molecule has 0 saturated carbocycles. The van der Waals surface area contributed by atoms with E-state index in [-0.39, 0.29) is 37.6 Å². The Bertz CT molecular complexity index is 132. The standard InChI is InChI=1S/C5H6OS.Na.H/c6-4-5-2-1-3-7-5;;/h1-3,6H,4H2;;/q;+1;-1. The van der Waals surface area contributed by atoms with Gasteiger partial charge >= 0.3 is 29.6 Å². The average Bonchev–Trinajstić information content (AvgIpc) is 2.14. The Morgan fingerprint density at radius 2 is 2.50 bits per heavy atom. The maximum atomic E-state index is 8.44. The molecule has 0 fully saturated rings. The number of aliphatic hydroxyl groups excluding tert-OH is 1. The molecule has 40 valence electrons. The Morgan fingerprint density at radius 3 is 2.75 bits per heavy atom. The van der Waals surface area contributed by atoms with Crippen molar-refractivity contribution in [2.24, 2.45) is 0 Å². The molecule has 0 radical (unpaired) electrons. The Balaban J connectivity index is 0. The number of rotatable bonds is 1. The maximum Gasteiger partial charge on any atom is 1.00 e. The van der Waals surface area contributed by atoms with Gasteiger partial charge < -0.3 is 6.53 Å². The van der Waals surface area contributed by atoms with E-state index in [9.17, 15) is 0 Å². The molecule has 0 aliphatic rings. The molecule has 0 saturated heterocycles. The Morgan fingerprint density at radius 1 is 1.75 bits per heavy atom. The number of hydrogen-bond acceptors (Lipinski definition) is 2. The fraction of sp³-hybridized carbons (Fsp3) is 0.200. The predicted octanol–water partition coefficient (Wildman–Crippen LogP) is -1.64. The molecule has 1 aromatic rings. The van der Waals surface area contributed by atoms with Crippen LogP contribution in [-0.4, -0.2) is 5.11 Å². The van der Waals surface area contributed by atoms with Crippen molar-refractivity contribution in [3.63, 3.8) is 0 Å². The first-order valence-electron chi connectivity index (χ1n) is 2.06. The zero-order valence-corrected chi connectivity index (χ0v) is 7.61. The van der Waals surface area contributed by atoms with Gasteiger partial charge in [0.2, 0.25) is 0 Å². The van der Waals surface area contributed by atoms with E-state index in [1.165, 1.54) is 0 Å². The first kappa shape index (κ1) is 8.66. The van der Waals surface area contributed by atoms with Crippen LogP contribution in [0.3, 0.4) is 0 Å². The third-order valence-electron chi connectivity index (χ3n) is 0.736. The van der Waals surface area contributed by atoms with Crippen molar-refractivity contribution in [2.75, 3.05) is 0 Å². The van der Waals surface area contributed by atoms with Gasteiger partial charge in [0.1, 0.15) is 0 Å². The van der Waals surface area contributed by atoms with Gasteiger partial charge in [-0.15, -0.1) is 11.3 Å². The van der Waals surface area contributed by atoms with E-state index in [0.717, 1.165) is 4.88 Å². The molecule has 0 aliphatic heterocycles. The van der Waals surface area contributed by atoms with Crippen LogP contribution < -0.4 is 29.6 Å². The molecular weight excluding hydrogens is 131 g/mol. The second-order valence-corrected chi connectivity index (χ2v) is 2.27. The minimum Gasteiger partial charge on any atom is -1.00 e.